The van der Waals surface area contributed by atoms with Crippen molar-refractivity contribution < 1.29 is 4.79 Å². The number of rotatable bonds is 5. The van der Waals surface area contributed by atoms with E-state index in [9.17, 15) is 4.79 Å². The van der Waals surface area contributed by atoms with Gasteiger partial charge in [0, 0.05) is 24.7 Å². The lowest BCUT2D eigenvalue weighted by Gasteiger charge is -2.13. The quantitative estimate of drug-likeness (QED) is 0.886. The highest BCUT2D eigenvalue weighted by atomic mass is 32.1. The van der Waals surface area contributed by atoms with Crippen molar-refractivity contribution >= 4 is 44.7 Å². The number of carbonyl (C=O) groups is 1. The van der Waals surface area contributed by atoms with Crippen LogP contribution in [0.1, 0.15) is 27.9 Å². The molecule has 2 rings (SSSR count). The van der Waals surface area contributed by atoms with E-state index in [0.29, 0.717) is 10.0 Å². The van der Waals surface area contributed by atoms with Gasteiger partial charge in [0.15, 0.2) is 10.3 Å². The second-order valence-electron chi connectivity index (χ2n) is 4.36. The maximum atomic E-state index is 12.2. The summed E-state index contributed by atoms with van der Waals surface area (Å²) in [4.78, 5) is 24.0. The summed E-state index contributed by atoms with van der Waals surface area (Å²) in [6.07, 6.45) is 2.73. The summed E-state index contributed by atoms with van der Waals surface area (Å²) in [6, 6.07) is 0. The average molecular weight is 311 g/mol. The van der Waals surface area contributed by atoms with Gasteiger partial charge in [0.1, 0.15) is 10.7 Å². The minimum absolute atomic E-state index is 0.259. The Morgan fingerprint density at radius 1 is 1.50 bits per heavy atom. The first kappa shape index (κ1) is 14.7. The Hall–Kier alpha value is -1.67. The average Bonchev–Trinajstić information content (AvgIpc) is 2.96. The van der Waals surface area contributed by atoms with Gasteiger partial charge in [-0.25, -0.2) is 9.97 Å². The third-order valence-corrected chi connectivity index (χ3v) is 4.59. The summed E-state index contributed by atoms with van der Waals surface area (Å²) in [5, 5.41) is 4.07. The molecule has 0 aliphatic heterocycles. The molecule has 0 unspecified atom stereocenters. The highest BCUT2D eigenvalue weighted by Gasteiger charge is 2.18. The minimum Gasteiger partial charge on any atom is -0.382 e. The number of amides is 1. The first-order valence-corrected chi connectivity index (χ1v) is 7.85. The van der Waals surface area contributed by atoms with E-state index in [4.69, 9.17) is 5.73 Å². The fourth-order valence-electron chi connectivity index (χ4n) is 1.64. The van der Waals surface area contributed by atoms with Crippen LogP contribution in [0.2, 0.25) is 0 Å². The number of aryl methyl sites for hydroxylation is 1. The first-order valence-electron chi connectivity index (χ1n) is 6.22. The van der Waals surface area contributed by atoms with E-state index in [0.717, 1.165) is 23.0 Å². The Bertz CT molecular complexity index is 607. The molecule has 0 spiro atoms. The minimum atomic E-state index is -0.259. The smallest absolute Gasteiger partial charge is 0.271 e. The Morgan fingerprint density at radius 3 is 2.85 bits per heavy atom. The number of nitrogen functional groups attached to an aromatic ring is 1. The molecule has 2 aromatic heterocycles. The summed E-state index contributed by atoms with van der Waals surface area (Å²) >= 11 is 2.72. The van der Waals surface area contributed by atoms with Crippen LogP contribution in [0.5, 0.6) is 0 Å². The number of aromatic nitrogens is 2. The van der Waals surface area contributed by atoms with Crippen LogP contribution in [0.4, 0.5) is 16.1 Å². The van der Waals surface area contributed by atoms with Crippen LogP contribution in [0.3, 0.4) is 0 Å². The van der Waals surface area contributed by atoms with Gasteiger partial charge in [-0.05, 0) is 13.3 Å². The van der Waals surface area contributed by atoms with E-state index in [2.05, 4.69) is 22.2 Å². The summed E-state index contributed by atoms with van der Waals surface area (Å²) in [5.41, 5.74) is 5.83. The van der Waals surface area contributed by atoms with Gasteiger partial charge >= 0.3 is 0 Å². The molecule has 6 nitrogen and oxygen atoms in total. The third kappa shape index (κ3) is 3.26. The molecule has 0 saturated carbocycles. The van der Waals surface area contributed by atoms with Crippen molar-refractivity contribution in [3.05, 3.63) is 16.0 Å². The van der Waals surface area contributed by atoms with Crippen molar-refractivity contribution in [3.63, 3.8) is 0 Å². The molecule has 0 aromatic carbocycles. The number of nitrogens with zero attached hydrogens (tertiary/aromatic N) is 3. The van der Waals surface area contributed by atoms with Crippen molar-refractivity contribution in [2.45, 2.75) is 20.3 Å². The largest absolute Gasteiger partial charge is 0.382 e. The molecule has 2 heterocycles. The topological polar surface area (TPSA) is 84.1 Å². The molecule has 0 aliphatic rings. The fourth-order valence-corrected chi connectivity index (χ4v) is 3.17. The molecule has 2 aromatic rings. The van der Waals surface area contributed by atoms with Crippen LogP contribution in [0.15, 0.2) is 6.20 Å². The van der Waals surface area contributed by atoms with E-state index in [1.807, 2.05) is 18.9 Å². The summed E-state index contributed by atoms with van der Waals surface area (Å²) < 4.78 is 0. The van der Waals surface area contributed by atoms with Gasteiger partial charge in [0.05, 0.1) is 0 Å². The number of nitrogens with two attached hydrogens (primary N) is 1. The molecule has 20 heavy (non-hydrogen) atoms. The first-order chi connectivity index (χ1) is 9.51. The Kier molecular flexibility index (Phi) is 4.56. The van der Waals surface area contributed by atoms with Crippen LogP contribution in [-0.4, -0.2) is 29.5 Å². The lowest BCUT2D eigenvalue weighted by atomic mass is 10.4. The molecule has 3 N–H and O–H groups in total. The summed E-state index contributed by atoms with van der Waals surface area (Å²) in [7, 11) is 1.94. The Morgan fingerprint density at radius 2 is 2.25 bits per heavy atom. The molecule has 0 atom stereocenters. The molecule has 0 radical (unpaired) electrons. The number of carbonyl (C=O) groups excluding carboxylic acids is 1. The Balaban J connectivity index is 2.13. The zero-order chi connectivity index (χ0) is 14.7. The van der Waals surface area contributed by atoms with Crippen molar-refractivity contribution in [1.29, 1.82) is 0 Å². The van der Waals surface area contributed by atoms with E-state index in [1.54, 1.807) is 6.20 Å². The zero-order valence-corrected chi connectivity index (χ0v) is 13.3. The molecule has 108 valence electrons. The predicted molar refractivity (Wildman–Crippen MR) is 84.9 cm³/mol. The predicted octanol–water partition coefficient (Wildman–Crippen LogP) is 2.59. The van der Waals surface area contributed by atoms with Crippen molar-refractivity contribution in [2.24, 2.45) is 0 Å². The van der Waals surface area contributed by atoms with Crippen LogP contribution >= 0.6 is 22.7 Å². The molecule has 8 heteroatoms. The molecular weight excluding hydrogens is 294 g/mol. The van der Waals surface area contributed by atoms with Gasteiger partial charge in [-0.1, -0.05) is 18.3 Å². The van der Waals surface area contributed by atoms with E-state index in [-0.39, 0.29) is 11.7 Å². The van der Waals surface area contributed by atoms with Gasteiger partial charge in [-0.2, -0.15) is 0 Å². The summed E-state index contributed by atoms with van der Waals surface area (Å²) in [6.45, 7) is 4.90. The van der Waals surface area contributed by atoms with Gasteiger partial charge in [-0.15, -0.1) is 11.3 Å². The van der Waals surface area contributed by atoms with Gasteiger partial charge in [0.25, 0.3) is 5.91 Å². The maximum Gasteiger partial charge on any atom is 0.271 e. The lowest BCUT2D eigenvalue weighted by Crippen LogP contribution is -2.17. The Labute approximate surface area is 125 Å². The molecule has 1 amide bonds. The second-order valence-corrected chi connectivity index (χ2v) is 6.57. The van der Waals surface area contributed by atoms with Gasteiger partial charge in [-0.3, -0.25) is 10.1 Å². The zero-order valence-electron chi connectivity index (χ0n) is 11.6. The maximum absolute atomic E-state index is 12.2. The van der Waals surface area contributed by atoms with Crippen LogP contribution in [0, 0.1) is 6.92 Å². The van der Waals surface area contributed by atoms with Crippen molar-refractivity contribution in [3.8, 4) is 0 Å². The molecule has 0 fully saturated rings. The van der Waals surface area contributed by atoms with Crippen LogP contribution in [0.25, 0.3) is 0 Å². The highest BCUT2D eigenvalue weighted by molar-refractivity contribution is 7.18. The second kappa shape index (κ2) is 6.19. The van der Waals surface area contributed by atoms with E-state index < -0.39 is 0 Å². The molecular formula is C12H17N5OS2. The van der Waals surface area contributed by atoms with Crippen LogP contribution in [-0.2, 0) is 0 Å². The fraction of sp³-hybridized carbons (Fsp3) is 0.417. The molecule has 0 bridgehead atoms. The van der Waals surface area contributed by atoms with Crippen molar-refractivity contribution in [2.75, 3.05) is 29.5 Å². The van der Waals surface area contributed by atoms with E-state index in [1.165, 1.54) is 22.7 Å². The summed E-state index contributed by atoms with van der Waals surface area (Å²) in [5.74, 6) is 0.00392. The lowest BCUT2D eigenvalue weighted by molar-refractivity contribution is 0.103. The van der Waals surface area contributed by atoms with Gasteiger partial charge < -0.3 is 10.6 Å². The number of nitrogens with one attached hydrogen (secondary N) is 1. The number of hydrogen-bond acceptors (Lipinski definition) is 7. The highest BCUT2D eigenvalue weighted by Crippen LogP contribution is 2.28. The normalized spacial score (nSPS) is 10.6. The number of hydrogen-bond donors (Lipinski definition) is 2. The number of thiazole rings is 2. The standard InChI is InChI=1S/C12H17N5OS2/c1-4-5-17(3)12-15-9(13)8(20-12)10(18)16-11-14-6-7(2)19-11/h6H,4-5,13H2,1-3H3,(H,14,16,18). The number of anilines is 3. The monoisotopic (exact) mass is 311 g/mol. The third-order valence-electron chi connectivity index (χ3n) is 2.58. The van der Waals surface area contributed by atoms with Crippen LogP contribution < -0.4 is 16.0 Å². The molecule has 0 aliphatic carbocycles. The molecule has 0 saturated heterocycles. The van der Waals surface area contributed by atoms with Gasteiger partial charge in [0.2, 0.25) is 0 Å². The van der Waals surface area contributed by atoms with Crippen molar-refractivity contribution in [1.82, 2.24) is 9.97 Å². The SMILES string of the molecule is CCCN(C)c1nc(N)c(C(=O)Nc2ncc(C)s2)s1. The van der Waals surface area contributed by atoms with E-state index >= 15 is 0 Å².